The number of carbonyl (C=O) groups is 2. The number of allylic oxidation sites excluding steroid dienone is 8. The number of unbranched alkanes of at least 4 members (excludes halogenated alkanes) is 14. The average molecular weight is 743 g/mol. The predicted octanol–water partition coefficient (Wildman–Crippen LogP) is 9.77. The summed E-state index contributed by atoms with van der Waals surface area (Å²) in [6.07, 6.45) is 36.6. The van der Waals surface area contributed by atoms with Crippen LogP contribution >= 0.6 is 7.82 Å². The van der Waals surface area contributed by atoms with E-state index in [-0.39, 0.29) is 19.4 Å². The van der Waals surface area contributed by atoms with Crippen molar-refractivity contribution in [3.63, 3.8) is 0 Å². The van der Waals surface area contributed by atoms with E-state index in [2.05, 4.69) is 67.0 Å². The maximum absolute atomic E-state index is 12.5. The molecule has 0 amide bonds. The normalized spacial score (nSPS) is 14.5. The van der Waals surface area contributed by atoms with Crippen LogP contribution in [0.2, 0.25) is 0 Å². The number of rotatable bonds is 36. The van der Waals surface area contributed by atoms with E-state index < -0.39 is 51.8 Å². The van der Waals surface area contributed by atoms with E-state index in [1.54, 1.807) is 0 Å². The standard InChI is InChI=1S/C40H71O10P/c1-3-5-7-9-11-13-15-17-18-20-22-24-26-28-30-32-40(44)50-38(36-49-51(45,46)48-34-37(42)33-41)35-47-39(43)31-29-27-25-23-21-19-16-14-12-10-8-6-4-2/h11,13,17-19,21-22,24,37-38,41-42H,3-10,12,14-16,20,23,25-36H2,1-2H3,(H,45,46)/b13-11+,18-17+,21-19+,24-22+/t37-,38+/m0/s1. The highest BCUT2D eigenvalue weighted by Crippen LogP contribution is 2.43. The first-order valence-corrected chi connectivity index (χ1v) is 21.1. The van der Waals surface area contributed by atoms with Gasteiger partial charge in [-0.2, -0.15) is 0 Å². The van der Waals surface area contributed by atoms with Crippen LogP contribution in [0.25, 0.3) is 0 Å². The zero-order valence-corrected chi connectivity index (χ0v) is 32.7. The van der Waals surface area contributed by atoms with Gasteiger partial charge in [-0.1, -0.05) is 114 Å². The van der Waals surface area contributed by atoms with E-state index in [4.69, 9.17) is 19.1 Å². The molecule has 1 unspecified atom stereocenters. The molecule has 3 atom stereocenters. The monoisotopic (exact) mass is 742 g/mol. The molecule has 0 fully saturated rings. The van der Waals surface area contributed by atoms with Crippen molar-refractivity contribution in [3.05, 3.63) is 48.6 Å². The van der Waals surface area contributed by atoms with Gasteiger partial charge in [-0.25, -0.2) is 4.57 Å². The zero-order valence-electron chi connectivity index (χ0n) is 31.8. The molecule has 296 valence electrons. The maximum Gasteiger partial charge on any atom is 0.472 e. The van der Waals surface area contributed by atoms with Gasteiger partial charge in [-0.15, -0.1) is 0 Å². The number of esters is 2. The van der Waals surface area contributed by atoms with Gasteiger partial charge in [0, 0.05) is 12.8 Å². The number of aliphatic hydroxyl groups is 2. The summed E-state index contributed by atoms with van der Waals surface area (Å²) in [5, 5.41) is 18.3. The van der Waals surface area contributed by atoms with E-state index >= 15 is 0 Å². The fourth-order valence-corrected chi connectivity index (χ4v) is 5.66. The molecule has 0 aliphatic heterocycles. The topological polar surface area (TPSA) is 149 Å². The summed E-state index contributed by atoms with van der Waals surface area (Å²) in [6.45, 7) is 2.26. The van der Waals surface area contributed by atoms with Crippen LogP contribution in [0.3, 0.4) is 0 Å². The van der Waals surface area contributed by atoms with Crippen molar-refractivity contribution in [1.82, 2.24) is 0 Å². The summed E-state index contributed by atoms with van der Waals surface area (Å²) < 4.78 is 32.5. The minimum absolute atomic E-state index is 0.131. The Labute approximate surface area is 309 Å². The molecule has 0 aromatic heterocycles. The molecule has 0 rings (SSSR count). The number of phosphoric ester groups is 1. The van der Waals surface area contributed by atoms with E-state index in [9.17, 15) is 24.2 Å². The SMILES string of the molecule is CCCCC/C=C/C/C=C/C/C=C/CCCCC(=O)O[C@H](COC(=O)CCCCC/C=C/CCCCCCCC)COP(=O)(O)OC[C@@H](O)CO. The van der Waals surface area contributed by atoms with Gasteiger partial charge in [0.05, 0.1) is 19.8 Å². The summed E-state index contributed by atoms with van der Waals surface area (Å²) in [5.41, 5.74) is 0. The number of ether oxygens (including phenoxy) is 2. The Bertz CT molecular complexity index is 994. The summed E-state index contributed by atoms with van der Waals surface area (Å²) >= 11 is 0. The molecule has 0 aromatic rings. The molecule has 0 radical (unpaired) electrons. The zero-order chi connectivity index (χ0) is 37.7. The van der Waals surface area contributed by atoms with Crippen molar-refractivity contribution < 1.29 is 47.8 Å². The minimum atomic E-state index is -4.63. The van der Waals surface area contributed by atoms with Crippen molar-refractivity contribution in [2.45, 2.75) is 167 Å². The molecule has 0 saturated carbocycles. The second-order valence-corrected chi connectivity index (χ2v) is 14.4. The molecule has 11 heteroatoms. The molecule has 0 spiro atoms. The molecule has 0 heterocycles. The van der Waals surface area contributed by atoms with Gasteiger partial charge >= 0.3 is 19.8 Å². The molecule has 3 N–H and O–H groups in total. The third kappa shape index (κ3) is 36.1. The van der Waals surface area contributed by atoms with Gasteiger partial charge in [0.15, 0.2) is 6.10 Å². The molecule has 0 aromatic carbocycles. The lowest BCUT2D eigenvalue weighted by Crippen LogP contribution is -2.29. The fraction of sp³-hybridized carbons (Fsp3) is 0.750. The Kier molecular flexibility index (Phi) is 34.8. The third-order valence-corrected chi connectivity index (χ3v) is 8.91. The van der Waals surface area contributed by atoms with Gasteiger partial charge < -0.3 is 24.6 Å². The lowest BCUT2D eigenvalue weighted by atomic mass is 10.1. The van der Waals surface area contributed by atoms with Gasteiger partial charge in [-0.3, -0.25) is 18.6 Å². The molecular weight excluding hydrogens is 671 g/mol. The van der Waals surface area contributed by atoms with Crippen molar-refractivity contribution in [3.8, 4) is 0 Å². The van der Waals surface area contributed by atoms with Crippen molar-refractivity contribution >= 4 is 19.8 Å². The highest BCUT2D eigenvalue weighted by atomic mass is 31.2. The lowest BCUT2D eigenvalue weighted by molar-refractivity contribution is -0.161. The fourth-order valence-electron chi connectivity index (χ4n) is 4.87. The Morgan fingerprint density at radius 1 is 0.588 bits per heavy atom. The quantitative estimate of drug-likeness (QED) is 0.0245. The molecule has 0 bridgehead atoms. The summed E-state index contributed by atoms with van der Waals surface area (Å²) in [7, 11) is -4.63. The average Bonchev–Trinajstić information content (AvgIpc) is 3.12. The van der Waals surface area contributed by atoms with Crippen LogP contribution in [0.4, 0.5) is 0 Å². The van der Waals surface area contributed by atoms with Crippen LogP contribution in [-0.2, 0) is 32.7 Å². The van der Waals surface area contributed by atoms with E-state index in [1.807, 2.05) is 0 Å². The smallest absolute Gasteiger partial charge is 0.462 e. The van der Waals surface area contributed by atoms with Crippen LogP contribution < -0.4 is 0 Å². The first kappa shape index (κ1) is 48.9. The number of hydrogen-bond acceptors (Lipinski definition) is 9. The summed E-state index contributed by atoms with van der Waals surface area (Å²) in [6, 6.07) is 0. The van der Waals surface area contributed by atoms with E-state index in [0.717, 1.165) is 57.8 Å². The van der Waals surface area contributed by atoms with Crippen LogP contribution in [0.1, 0.15) is 155 Å². The Morgan fingerprint density at radius 2 is 1.02 bits per heavy atom. The first-order valence-electron chi connectivity index (χ1n) is 19.6. The molecular formula is C40H71O10P. The molecule has 51 heavy (non-hydrogen) atoms. The molecule has 0 aliphatic rings. The predicted molar refractivity (Wildman–Crippen MR) is 205 cm³/mol. The Hall–Kier alpha value is -2.07. The maximum atomic E-state index is 12.5. The third-order valence-electron chi connectivity index (χ3n) is 7.96. The molecule has 10 nitrogen and oxygen atoms in total. The number of aliphatic hydroxyl groups excluding tert-OH is 2. The van der Waals surface area contributed by atoms with Gasteiger partial charge in [0.1, 0.15) is 12.7 Å². The number of carbonyl (C=O) groups excluding carboxylic acids is 2. The van der Waals surface area contributed by atoms with Crippen molar-refractivity contribution in [2.75, 3.05) is 26.4 Å². The van der Waals surface area contributed by atoms with Crippen molar-refractivity contribution in [1.29, 1.82) is 0 Å². The first-order chi connectivity index (χ1) is 24.7. The lowest BCUT2D eigenvalue weighted by Gasteiger charge is -2.20. The minimum Gasteiger partial charge on any atom is -0.462 e. The highest BCUT2D eigenvalue weighted by Gasteiger charge is 2.27. The van der Waals surface area contributed by atoms with Crippen LogP contribution in [-0.4, -0.2) is 65.7 Å². The Morgan fingerprint density at radius 3 is 1.63 bits per heavy atom. The molecule has 0 saturated heterocycles. The number of hydrogen-bond donors (Lipinski definition) is 3. The number of phosphoric acid groups is 1. The largest absolute Gasteiger partial charge is 0.472 e. The van der Waals surface area contributed by atoms with Gasteiger partial charge in [0.25, 0.3) is 0 Å². The van der Waals surface area contributed by atoms with Gasteiger partial charge in [-0.05, 0) is 77.0 Å². The van der Waals surface area contributed by atoms with E-state index in [1.165, 1.54) is 57.8 Å². The van der Waals surface area contributed by atoms with Crippen LogP contribution in [0.15, 0.2) is 48.6 Å². The van der Waals surface area contributed by atoms with Crippen molar-refractivity contribution in [2.24, 2.45) is 0 Å². The summed E-state index contributed by atoms with van der Waals surface area (Å²) in [5.74, 6) is -0.993. The second kappa shape index (κ2) is 36.3. The van der Waals surface area contributed by atoms with Crippen LogP contribution in [0, 0.1) is 0 Å². The highest BCUT2D eigenvalue weighted by molar-refractivity contribution is 7.47. The van der Waals surface area contributed by atoms with Gasteiger partial charge in [0.2, 0.25) is 0 Å². The van der Waals surface area contributed by atoms with Crippen LogP contribution in [0.5, 0.6) is 0 Å². The summed E-state index contributed by atoms with van der Waals surface area (Å²) in [4.78, 5) is 34.8. The Balaban J connectivity index is 4.47. The second-order valence-electron chi connectivity index (χ2n) is 12.9. The molecule has 0 aliphatic carbocycles. The van der Waals surface area contributed by atoms with E-state index in [0.29, 0.717) is 12.8 Å².